The highest BCUT2D eigenvalue weighted by molar-refractivity contribution is 5.92. The average molecular weight is 263 g/mol. The van der Waals surface area contributed by atoms with Crippen LogP contribution in [0.4, 0.5) is 5.69 Å². The zero-order chi connectivity index (χ0) is 13.7. The van der Waals surface area contributed by atoms with Crippen molar-refractivity contribution in [1.29, 1.82) is 0 Å². The Kier molecular flexibility index (Phi) is 4.49. The molecule has 1 fully saturated rings. The second kappa shape index (κ2) is 6.31. The summed E-state index contributed by atoms with van der Waals surface area (Å²) in [5.74, 6) is 1.91. The molecule has 1 aromatic rings. The molecular weight excluding hydrogens is 242 g/mol. The zero-order valence-electron chi connectivity index (χ0n) is 11.5. The monoisotopic (exact) mass is 263 g/mol. The van der Waals surface area contributed by atoms with Gasteiger partial charge in [0.2, 0.25) is 0 Å². The first-order chi connectivity index (χ1) is 9.22. The molecule has 1 aliphatic carbocycles. The van der Waals surface area contributed by atoms with Crippen molar-refractivity contribution in [2.75, 3.05) is 18.5 Å². The second-order valence-corrected chi connectivity index (χ2v) is 4.40. The molecule has 1 aromatic carbocycles. The minimum Gasteiger partial charge on any atom is -0.490 e. The van der Waals surface area contributed by atoms with Gasteiger partial charge in [-0.1, -0.05) is 0 Å². The van der Waals surface area contributed by atoms with Gasteiger partial charge in [-0.15, -0.1) is 0 Å². The van der Waals surface area contributed by atoms with E-state index in [0.29, 0.717) is 31.0 Å². The number of benzene rings is 1. The number of ether oxygens (including phenoxy) is 2. The van der Waals surface area contributed by atoms with Gasteiger partial charge in [0.1, 0.15) is 0 Å². The molecule has 5 heteroatoms. The van der Waals surface area contributed by atoms with Crippen LogP contribution in [0.15, 0.2) is 23.2 Å². The lowest BCUT2D eigenvalue weighted by Crippen LogP contribution is -2.23. The fraction of sp³-hybridized carbons (Fsp3) is 0.500. The lowest BCUT2D eigenvalue weighted by atomic mass is 10.2. The van der Waals surface area contributed by atoms with Gasteiger partial charge in [-0.05, 0) is 38.8 Å². The Morgan fingerprint density at radius 3 is 2.58 bits per heavy atom. The van der Waals surface area contributed by atoms with E-state index in [1.807, 2.05) is 32.0 Å². The van der Waals surface area contributed by atoms with Gasteiger partial charge in [-0.2, -0.15) is 0 Å². The van der Waals surface area contributed by atoms with Crippen LogP contribution in [0.2, 0.25) is 0 Å². The Bertz CT molecular complexity index is 456. The smallest absolute Gasteiger partial charge is 0.193 e. The summed E-state index contributed by atoms with van der Waals surface area (Å²) >= 11 is 0. The minimum atomic E-state index is 0.404. The molecule has 0 atom stereocenters. The van der Waals surface area contributed by atoms with E-state index >= 15 is 0 Å². The third kappa shape index (κ3) is 4.05. The van der Waals surface area contributed by atoms with Crippen LogP contribution in [0.3, 0.4) is 0 Å². The summed E-state index contributed by atoms with van der Waals surface area (Å²) in [6.07, 6.45) is 2.27. The van der Waals surface area contributed by atoms with E-state index in [1.54, 1.807) is 0 Å². The number of hydrogen-bond donors (Lipinski definition) is 2. The van der Waals surface area contributed by atoms with Crippen molar-refractivity contribution in [2.45, 2.75) is 32.7 Å². The van der Waals surface area contributed by atoms with E-state index in [-0.39, 0.29) is 0 Å². The molecule has 2 rings (SSSR count). The summed E-state index contributed by atoms with van der Waals surface area (Å²) in [6.45, 7) is 5.09. The number of nitrogens with one attached hydrogen (secondary N) is 1. The number of hydrogen-bond acceptors (Lipinski definition) is 3. The molecule has 3 N–H and O–H groups in total. The molecule has 0 spiro atoms. The summed E-state index contributed by atoms with van der Waals surface area (Å²) in [5.41, 5.74) is 6.69. The van der Waals surface area contributed by atoms with Crippen molar-refractivity contribution in [3.63, 3.8) is 0 Å². The van der Waals surface area contributed by atoms with Crippen LogP contribution < -0.4 is 20.5 Å². The Morgan fingerprint density at radius 2 is 1.95 bits per heavy atom. The van der Waals surface area contributed by atoms with Crippen molar-refractivity contribution in [2.24, 2.45) is 10.7 Å². The van der Waals surface area contributed by atoms with E-state index < -0.39 is 0 Å². The van der Waals surface area contributed by atoms with Crippen LogP contribution in [0.1, 0.15) is 26.7 Å². The predicted octanol–water partition coefficient (Wildman–Crippen LogP) is 2.37. The summed E-state index contributed by atoms with van der Waals surface area (Å²) in [6, 6.07) is 6.06. The highest BCUT2D eigenvalue weighted by Gasteiger charge is 2.20. The molecule has 1 saturated carbocycles. The normalized spacial score (nSPS) is 15.2. The number of guanidine groups is 1. The summed E-state index contributed by atoms with van der Waals surface area (Å²) < 4.78 is 11.1. The van der Waals surface area contributed by atoms with Crippen molar-refractivity contribution < 1.29 is 9.47 Å². The number of anilines is 1. The highest BCUT2D eigenvalue weighted by atomic mass is 16.5. The molecule has 0 aliphatic heterocycles. The molecule has 5 nitrogen and oxygen atoms in total. The molecule has 19 heavy (non-hydrogen) atoms. The van der Waals surface area contributed by atoms with Gasteiger partial charge in [-0.3, -0.25) is 0 Å². The SMILES string of the molecule is CCOc1ccc(NC(N)=NC2CC2)cc1OCC. The van der Waals surface area contributed by atoms with Crippen LogP contribution in [-0.4, -0.2) is 25.2 Å². The Labute approximate surface area is 113 Å². The van der Waals surface area contributed by atoms with Gasteiger partial charge < -0.3 is 20.5 Å². The molecule has 104 valence electrons. The Balaban J connectivity index is 2.09. The van der Waals surface area contributed by atoms with Gasteiger partial charge in [-0.25, -0.2) is 4.99 Å². The molecule has 0 unspecified atom stereocenters. The maximum atomic E-state index is 5.83. The predicted molar refractivity (Wildman–Crippen MR) is 77.0 cm³/mol. The lowest BCUT2D eigenvalue weighted by Gasteiger charge is -2.13. The van der Waals surface area contributed by atoms with Gasteiger partial charge in [0.15, 0.2) is 17.5 Å². The largest absolute Gasteiger partial charge is 0.490 e. The molecule has 0 bridgehead atoms. The fourth-order valence-electron chi connectivity index (χ4n) is 1.71. The van der Waals surface area contributed by atoms with Crippen molar-refractivity contribution in [1.82, 2.24) is 0 Å². The second-order valence-electron chi connectivity index (χ2n) is 4.40. The van der Waals surface area contributed by atoms with Crippen LogP contribution >= 0.6 is 0 Å². The third-order valence-corrected chi connectivity index (χ3v) is 2.68. The van der Waals surface area contributed by atoms with E-state index in [4.69, 9.17) is 15.2 Å². The maximum absolute atomic E-state index is 5.83. The van der Waals surface area contributed by atoms with Crippen molar-refractivity contribution >= 4 is 11.6 Å². The molecule has 1 aliphatic rings. The van der Waals surface area contributed by atoms with Crippen LogP contribution in [-0.2, 0) is 0 Å². The van der Waals surface area contributed by atoms with Crippen molar-refractivity contribution in [3.8, 4) is 11.5 Å². The third-order valence-electron chi connectivity index (χ3n) is 2.68. The first-order valence-corrected chi connectivity index (χ1v) is 6.72. The molecule has 0 aromatic heterocycles. The topological polar surface area (TPSA) is 68.9 Å². The fourth-order valence-corrected chi connectivity index (χ4v) is 1.71. The Morgan fingerprint density at radius 1 is 1.26 bits per heavy atom. The lowest BCUT2D eigenvalue weighted by molar-refractivity contribution is 0.288. The van der Waals surface area contributed by atoms with Gasteiger partial charge in [0.25, 0.3) is 0 Å². The average Bonchev–Trinajstić information content (AvgIpc) is 3.17. The van der Waals surface area contributed by atoms with E-state index in [1.165, 1.54) is 0 Å². The van der Waals surface area contributed by atoms with Gasteiger partial charge in [0, 0.05) is 11.8 Å². The zero-order valence-corrected chi connectivity index (χ0v) is 11.5. The number of aliphatic imine (C=N–C) groups is 1. The van der Waals surface area contributed by atoms with E-state index in [2.05, 4.69) is 10.3 Å². The van der Waals surface area contributed by atoms with Gasteiger partial charge >= 0.3 is 0 Å². The summed E-state index contributed by atoms with van der Waals surface area (Å²) in [7, 11) is 0. The first kappa shape index (κ1) is 13.5. The molecular formula is C14H21N3O2. The molecule has 0 amide bonds. The van der Waals surface area contributed by atoms with E-state index in [0.717, 1.165) is 24.3 Å². The van der Waals surface area contributed by atoms with Crippen LogP contribution in [0, 0.1) is 0 Å². The maximum Gasteiger partial charge on any atom is 0.193 e. The molecule has 0 heterocycles. The summed E-state index contributed by atoms with van der Waals surface area (Å²) in [4.78, 5) is 4.33. The van der Waals surface area contributed by atoms with Crippen LogP contribution in [0.25, 0.3) is 0 Å². The van der Waals surface area contributed by atoms with Crippen LogP contribution in [0.5, 0.6) is 11.5 Å². The summed E-state index contributed by atoms with van der Waals surface area (Å²) in [5, 5.41) is 3.07. The van der Waals surface area contributed by atoms with E-state index in [9.17, 15) is 0 Å². The Hall–Kier alpha value is -1.91. The number of nitrogens with zero attached hydrogens (tertiary/aromatic N) is 1. The number of nitrogens with two attached hydrogens (primary N) is 1. The minimum absolute atomic E-state index is 0.404. The first-order valence-electron chi connectivity index (χ1n) is 6.72. The quantitative estimate of drug-likeness (QED) is 0.610. The van der Waals surface area contributed by atoms with Crippen molar-refractivity contribution in [3.05, 3.63) is 18.2 Å². The molecule has 0 radical (unpaired) electrons. The highest BCUT2D eigenvalue weighted by Crippen LogP contribution is 2.30. The molecule has 0 saturated heterocycles. The number of rotatable bonds is 6. The standard InChI is InChI=1S/C14H21N3O2/c1-3-18-12-8-7-11(9-13(12)19-4-2)17-14(15)16-10-5-6-10/h7-10H,3-6H2,1-2H3,(H3,15,16,17). The van der Waals surface area contributed by atoms with Gasteiger partial charge in [0.05, 0.1) is 19.3 Å².